The smallest absolute Gasteiger partial charge is 0.310 e. The van der Waals surface area contributed by atoms with Crippen molar-refractivity contribution < 1.29 is 18.0 Å². The van der Waals surface area contributed by atoms with Gasteiger partial charge in [-0.25, -0.2) is 4.68 Å². The number of aromatic nitrogens is 2. The monoisotopic (exact) mass is 344 g/mol. The molecule has 134 valence electrons. The highest BCUT2D eigenvalue weighted by Gasteiger charge is 2.41. The molecule has 2 aliphatic rings. The number of likely N-dealkylation sites (tertiary alicyclic amines) is 1. The van der Waals surface area contributed by atoms with Crippen LogP contribution in [-0.2, 0) is 4.79 Å². The molecule has 5 nitrogen and oxygen atoms in total. The van der Waals surface area contributed by atoms with Crippen LogP contribution in [-0.4, -0.2) is 46.4 Å². The van der Waals surface area contributed by atoms with Gasteiger partial charge in [0.05, 0.1) is 24.7 Å². The van der Waals surface area contributed by atoms with Crippen molar-refractivity contribution in [2.75, 3.05) is 25.0 Å². The summed E-state index contributed by atoms with van der Waals surface area (Å²) in [5, 5.41) is 7.09. The van der Waals surface area contributed by atoms with Crippen LogP contribution < -0.4 is 5.32 Å². The van der Waals surface area contributed by atoms with Gasteiger partial charge in [0.1, 0.15) is 5.82 Å². The van der Waals surface area contributed by atoms with Gasteiger partial charge in [0, 0.05) is 12.6 Å². The first-order chi connectivity index (χ1) is 11.4. The first-order valence-corrected chi connectivity index (χ1v) is 8.56. The minimum Gasteiger partial charge on any atom is -0.310 e. The zero-order valence-corrected chi connectivity index (χ0v) is 13.6. The van der Waals surface area contributed by atoms with Crippen LogP contribution in [0.1, 0.15) is 44.6 Å². The van der Waals surface area contributed by atoms with Gasteiger partial charge in [0.15, 0.2) is 0 Å². The van der Waals surface area contributed by atoms with Crippen molar-refractivity contribution in [3.8, 4) is 0 Å². The summed E-state index contributed by atoms with van der Waals surface area (Å²) < 4.78 is 40.4. The molecule has 1 aliphatic carbocycles. The second-order valence-corrected chi connectivity index (χ2v) is 6.76. The predicted octanol–water partition coefficient (Wildman–Crippen LogP) is 3.21. The minimum absolute atomic E-state index is 0.0115. The Kier molecular flexibility index (Phi) is 5.12. The molecule has 2 heterocycles. The fourth-order valence-corrected chi connectivity index (χ4v) is 3.70. The number of anilines is 1. The van der Waals surface area contributed by atoms with Crippen LogP contribution in [0.2, 0.25) is 0 Å². The SMILES string of the molecule is O=C(CN1CCCC(C(F)(F)F)C1)Nc1ccnn1C1CCCC1. The van der Waals surface area contributed by atoms with E-state index < -0.39 is 12.1 Å². The number of rotatable bonds is 4. The number of hydrogen-bond donors (Lipinski definition) is 1. The Bertz CT molecular complexity index is 566. The lowest BCUT2D eigenvalue weighted by atomic mass is 9.97. The molecule has 8 heteroatoms. The molecule has 1 saturated heterocycles. The number of carbonyl (C=O) groups is 1. The van der Waals surface area contributed by atoms with Gasteiger partial charge in [-0.1, -0.05) is 12.8 Å². The van der Waals surface area contributed by atoms with Crippen molar-refractivity contribution in [2.45, 2.75) is 50.7 Å². The van der Waals surface area contributed by atoms with Gasteiger partial charge in [-0.15, -0.1) is 0 Å². The number of amides is 1. The molecule has 1 aromatic heterocycles. The van der Waals surface area contributed by atoms with E-state index in [9.17, 15) is 18.0 Å². The molecule has 3 rings (SSSR count). The molecule has 0 radical (unpaired) electrons. The van der Waals surface area contributed by atoms with Crippen molar-refractivity contribution in [1.29, 1.82) is 0 Å². The van der Waals surface area contributed by atoms with Crippen molar-refractivity contribution >= 4 is 11.7 Å². The standard InChI is InChI=1S/C16H23F3N4O/c17-16(18,19)12-4-3-9-22(10-12)11-15(24)21-14-7-8-20-23(14)13-5-1-2-6-13/h7-8,12-13H,1-6,9-11H2,(H,21,24). The van der Waals surface area contributed by atoms with E-state index in [1.807, 2.05) is 4.68 Å². The van der Waals surface area contributed by atoms with Crippen molar-refractivity contribution in [3.05, 3.63) is 12.3 Å². The Morgan fingerprint density at radius 3 is 2.71 bits per heavy atom. The molecule has 1 aliphatic heterocycles. The van der Waals surface area contributed by atoms with E-state index in [2.05, 4.69) is 10.4 Å². The van der Waals surface area contributed by atoms with Gasteiger partial charge < -0.3 is 5.32 Å². The maximum Gasteiger partial charge on any atom is 0.393 e. The molecule has 1 unspecified atom stereocenters. The molecule has 1 N–H and O–H groups in total. The summed E-state index contributed by atoms with van der Waals surface area (Å²) in [5.74, 6) is -0.975. The van der Waals surface area contributed by atoms with Crippen LogP contribution in [0.5, 0.6) is 0 Å². The molecule has 1 amide bonds. The van der Waals surface area contributed by atoms with Gasteiger partial charge >= 0.3 is 6.18 Å². The third-order valence-corrected chi connectivity index (χ3v) is 4.94. The predicted molar refractivity (Wildman–Crippen MR) is 83.6 cm³/mol. The molecular formula is C16H23F3N4O. The number of carbonyl (C=O) groups excluding carboxylic acids is 1. The van der Waals surface area contributed by atoms with E-state index in [1.165, 1.54) is 0 Å². The third kappa shape index (κ3) is 4.09. The molecule has 1 atom stereocenters. The highest BCUT2D eigenvalue weighted by atomic mass is 19.4. The average Bonchev–Trinajstić information content (AvgIpc) is 3.17. The second-order valence-electron chi connectivity index (χ2n) is 6.76. The Morgan fingerprint density at radius 1 is 1.25 bits per heavy atom. The van der Waals surface area contributed by atoms with Crippen LogP contribution in [0.4, 0.5) is 19.0 Å². The van der Waals surface area contributed by atoms with E-state index >= 15 is 0 Å². The Morgan fingerprint density at radius 2 is 2.00 bits per heavy atom. The third-order valence-electron chi connectivity index (χ3n) is 4.94. The quantitative estimate of drug-likeness (QED) is 0.912. The summed E-state index contributed by atoms with van der Waals surface area (Å²) >= 11 is 0. The second kappa shape index (κ2) is 7.13. The number of nitrogens with one attached hydrogen (secondary N) is 1. The van der Waals surface area contributed by atoms with E-state index in [0.717, 1.165) is 25.7 Å². The Labute approximate surface area is 139 Å². The maximum absolute atomic E-state index is 12.8. The zero-order chi connectivity index (χ0) is 17.2. The number of alkyl halides is 3. The summed E-state index contributed by atoms with van der Waals surface area (Å²) in [6, 6.07) is 2.05. The number of hydrogen-bond acceptors (Lipinski definition) is 3. The fraction of sp³-hybridized carbons (Fsp3) is 0.750. The average molecular weight is 344 g/mol. The van der Waals surface area contributed by atoms with Gasteiger partial charge in [-0.3, -0.25) is 9.69 Å². The lowest BCUT2D eigenvalue weighted by molar-refractivity contribution is -0.186. The van der Waals surface area contributed by atoms with Gasteiger partial charge in [-0.2, -0.15) is 18.3 Å². The van der Waals surface area contributed by atoms with Crippen LogP contribution in [0, 0.1) is 5.92 Å². The maximum atomic E-state index is 12.8. The van der Waals surface area contributed by atoms with E-state index in [0.29, 0.717) is 24.8 Å². The van der Waals surface area contributed by atoms with Gasteiger partial charge in [-0.05, 0) is 32.2 Å². The molecule has 1 saturated carbocycles. The van der Waals surface area contributed by atoms with Crippen molar-refractivity contribution in [2.24, 2.45) is 5.92 Å². The summed E-state index contributed by atoms with van der Waals surface area (Å²) in [4.78, 5) is 13.8. The number of halogens is 3. The lowest BCUT2D eigenvalue weighted by Crippen LogP contribution is -2.44. The van der Waals surface area contributed by atoms with Crippen LogP contribution in [0.15, 0.2) is 12.3 Å². The zero-order valence-electron chi connectivity index (χ0n) is 13.6. The number of piperidine rings is 1. The molecule has 0 aromatic carbocycles. The van der Waals surface area contributed by atoms with Crippen LogP contribution in [0.25, 0.3) is 0 Å². The van der Waals surface area contributed by atoms with Crippen molar-refractivity contribution in [3.63, 3.8) is 0 Å². The largest absolute Gasteiger partial charge is 0.393 e. The van der Waals surface area contributed by atoms with Crippen LogP contribution in [0.3, 0.4) is 0 Å². The first kappa shape index (κ1) is 17.3. The molecule has 0 bridgehead atoms. The van der Waals surface area contributed by atoms with Crippen LogP contribution >= 0.6 is 0 Å². The summed E-state index contributed by atoms with van der Waals surface area (Å²) in [5.41, 5.74) is 0. The molecular weight excluding hydrogens is 321 g/mol. The number of nitrogens with zero attached hydrogens (tertiary/aromatic N) is 3. The highest BCUT2D eigenvalue weighted by molar-refractivity contribution is 5.91. The molecule has 1 aromatic rings. The summed E-state index contributed by atoms with van der Waals surface area (Å²) in [7, 11) is 0. The first-order valence-electron chi connectivity index (χ1n) is 8.56. The van der Waals surface area contributed by atoms with E-state index in [1.54, 1.807) is 17.2 Å². The van der Waals surface area contributed by atoms with Gasteiger partial charge in [0.2, 0.25) is 5.91 Å². The van der Waals surface area contributed by atoms with Gasteiger partial charge in [0.25, 0.3) is 0 Å². The Hall–Kier alpha value is -1.57. The minimum atomic E-state index is -4.18. The topological polar surface area (TPSA) is 50.2 Å². The molecule has 24 heavy (non-hydrogen) atoms. The molecule has 2 fully saturated rings. The summed E-state index contributed by atoms with van der Waals surface area (Å²) in [6.07, 6.45) is 2.49. The fourth-order valence-electron chi connectivity index (χ4n) is 3.70. The van der Waals surface area contributed by atoms with Crippen molar-refractivity contribution in [1.82, 2.24) is 14.7 Å². The normalized spacial score (nSPS) is 23.5. The van der Waals surface area contributed by atoms with E-state index in [4.69, 9.17) is 0 Å². The molecule has 0 spiro atoms. The Balaban J connectivity index is 1.55. The summed E-state index contributed by atoms with van der Waals surface area (Å²) in [6.45, 7) is 0.420. The highest BCUT2D eigenvalue weighted by Crippen LogP contribution is 2.33. The van der Waals surface area contributed by atoms with E-state index in [-0.39, 0.29) is 25.4 Å². The lowest BCUT2D eigenvalue weighted by Gasteiger charge is -2.33.